The lowest BCUT2D eigenvalue weighted by molar-refractivity contribution is -0.151. The van der Waals surface area contributed by atoms with Crippen LogP contribution in [0.1, 0.15) is 62.8 Å². The van der Waals surface area contributed by atoms with E-state index in [0.717, 1.165) is 48.7 Å². The Morgan fingerprint density at radius 3 is 2.70 bits per heavy atom. The molecule has 2 aliphatic rings. The molecule has 1 aliphatic carbocycles. The third-order valence-electron chi connectivity index (χ3n) is 6.57. The van der Waals surface area contributed by atoms with Crippen LogP contribution in [0.25, 0.3) is 10.2 Å². The van der Waals surface area contributed by atoms with Crippen molar-refractivity contribution in [3.05, 3.63) is 20.8 Å². The number of hydrogen-bond donors (Lipinski definition) is 0. The quantitative estimate of drug-likeness (QED) is 0.228. The summed E-state index contributed by atoms with van der Waals surface area (Å²) in [7, 11) is 0. The van der Waals surface area contributed by atoms with Gasteiger partial charge in [-0.3, -0.25) is 19.0 Å². The zero-order chi connectivity index (χ0) is 23.4. The van der Waals surface area contributed by atoms with E-state index < -0.39 is 0 Å². The molecule has 1 fully saturated rings. The van der Waals surface area contributed by atoms with Gasteiger partial charge in [0.15, 0.2) is 5.16 Å². The summed E-state index contributed by atoms with van der Waals surface area (Å²) in [4.78, 5) is 47.1. The van der Waals surface area contributed by atoms with Crippen LogP contribution in [-0.2, 0) is 33.7 Å². The second-order valence-electron chi connectivity index (χ2n) is 8.79. The van der Waals surface area contributed by atoms with Crippen molar-refractivity contribution >= 4 is 45.2 Å². The van der Waals surface area contributed by atoms with E-state index in [0.29, 0.717) is 44.2 Å². The summed E-state index contributed by atoms with van der Waals surface area (Å²) in [6.07, 6.45) is 7.47. The minimum Gasteiger partial charge on any atom is -0.466 e. The molecule has 4 rings (SSSR count). The largest absolute Gasteiger partial charge is 0.466 e. The molecule has 33 heavy (non-hydrogen) atoms. The number of fused-ring (bicyclic) bond motifs is 3. The average molecular weight is 492 g/mol. The standard InChI is InChI=1S/C24H33N3O4S2/c1-3-5-6-12-27-22(29)20-17-8-7-9-18(17)33-21(20)25-24(27)32-15-19(28)26-13-10-16(11-14-26)23(30)31-4-2/h16H,3-15H2,1-2H3. The number of aryl methyl sites for hydroxylation is 2. The smallest absolute Gasteiger partial charge is 0.309 e. The van der Waals surface area contributed by atoms with Crippen LogP contribution in [0.15, 0.2) is 9.95 Å². The summed E-state index contributed by atoms with van der Waals surface area (Å²) in [5, 5.41) is 1.46. The first-order valence-corrected chi connectivity index (χ1v) is 14.0. The summed E-state index contributed by atoms with van der Waals surface area (Å²) in [6, 6.07) is 0. The summed E-state index contributed by atoms with van der Waals surface area (Å²) < 4.78 is 6.92. The van der Waals surface area contributed by atoms with Gasteiger partial charge in [-0.2, -0.15) is 0 Å². The minimum atomic E-state index is -0.157. The molecule has 0 N–H and O–H groups in total. The number of amides is 1. The molecule has 1 saturated heterocycles. The topological polar surface area (TPSA) is 81.5 Å². The van der Waals surface area contributed by atoms with Gasteiger partial charge in [0.05, 0.1) is 23.7 Å². The van der Waals surface area contributed by atoms with Crippen LogP contribution in [0.4, 0.5) is 0 Å². The van der Waals surface area contributed by atoms with Gasteiger partial charge in [-0.1, -0.05) is 31.5 Å². The van der Waals surface area contributed by atoms with Crippen LogP contribution in [0.3, 0.4) is 0 Å². The molecule has 3 heterocycles. The highest BCUT2D eigenvalue weighted by Gasteiger charge is 2.29. The van der Waals surface area contributed by atoms with Gasteiger partial charge in [0, 0.05) is 24.5 Å². The summed E-state index contributed by atoms with van der Waals surface area (Å²) in [5.74, 6) is 0.0112. The van der Waals surface area contributed by atoms with Gasteiger partial charge in [0.2, 0.25) is 5.91 Å². The molecule has 9 heteroatoms. The van der Waals surface area contributed by atoms with Crippen molar-refractivity contribution in [1.82, 2.24) is 14.5 Å². The number of thioether (sulfide) groups is 1. The molecule has 180 valence electrons. The van der Waals surface area contributed by atoms with E-state index in [-0.39, 0.29) is 29.1 Å². The van der Waals surface area contributed by atoms with Gasteiger partial charge < -0.3 is 9.64 Å². The van der Waals surface area contributed by atoms with Gasteiger partial charge in [0.25, 0.3) is 5.56 Å². The molecule has 1 aliphatic heterocycles. The summed E-state index contributed by atoms with van der Waals surface area (Å²) >= 11 is 3.01. The molecular weight excluding hydrogens is 458 g/mol. The first kappa shape index (κ1) is 24.3. The fourth-order valence-corrected chi connectivity index (χ4v) is 6.96. The van der Waals surface area contributed by atoms with Crippen molar-refractivity contribution in [3.63, 3.8) is 0 Å². The van der Waals surface area contributed by atoms with E-state index in [1.54, 1.807) is 15.9 Å². The molecule has 2 aromatic heterocycles. The number of nitrogens with zero attached hydrogens (tertiary/aromatic N) is 3. The molecule has 2 aromatic rings. The Labute approximate surface area is 202 Å². The maximum Gasteiger partial charge on any atom is 0.309 e. The van der Waals surface area contributed by atoms with Crippen molar-refractivity contribution in [2.75, 3.05) is 25.4 Å². The van der Waals surface area contributed by atoms with E-state index in [2.05, 4.69) is 6.92 Å². The van der Waals surface area contributed by atoms with Crippen molar-refractivity contribution in [3.8, 4) is 0 Å². The normalized spacial score (nSPS) is 16.4. The van der Waals surface area contributed by atoms with E-state index in [1.165, 1.54) is 22.2 Å². The van der Waals surface area contributed by atoms with E-state index in [9.17, 15) is 14.4 Å². The zero-order valence-corrected chi connectivity index (χ0v) is 21.2. The minimum absolute atomic E-state index is 0.0328. The van der Waals surface area contributed by atoms with E-state index >= 15 is 0 Å². The number of ether oxygens (including phenoxy) is 1. The van der Waals surface area contributed by atoms with Crippen LogP contribution in [0, 0.1) is 5.92 Å². The first-order chi connectivity index (χ1) is 16.0. The Balaban J connectivity index is 1.46. The number of unbranched alkanes of at least 4 members (excludes halogenated alkanes) is 2. The third kappa shape index (κ3) is 5.29. The SMILES string of the molecule is CCCCCn1c(SCC(=O)N2CCC(C(=O)OCC)CC2)nc2sc3c(c2c1=O)CCC3. The highest BCUT2D eigenvalue weighted by molar-refractivity contribution is 7.99. The molecular formula is C24H33N3O4S2. The number of piperidine rings is 1. The van der Waals surface area contributed by atoms with Gasteiger partial charge >= 0.3 is 5.97 Å². The molecule has 0 aromatic carbocycles. The van der Waals surface area contributed by atoms with Crippen LogP contribution < -0.4 is 5.56 Å². The molecule has 0 saturated carbocycles. The van der Waals surface area contributed by atoms with Crippen molar-refractivity contribution in [1.29, 1.82) is 0 Å². The third-order valence-corrected chi connectivity index (χ3v) is 8.71. The highest BCUT2D eigenvalue weighted by Crippen LogP contribution is 2.35. The number of rotatable bonds is 9. The van der Waals surface area contributed by atoms with Crippen molar-refractivity contribution in [2.24, 2.45) is 5.92 Å². The fraction of sp³-hybridized carbons (Fsp3) is 0.667. The highest BCUT2D eigenvalue weighted by atomic mass is 32.2. The maximum atomic E-state index is 13.4. The lowest BCUT2D eigenvalue weighted by Gasteiger charge is -2.30. The predicted octanol–water partition coefficient (Wildman–Crippen LogP) is 4.03. The number of esters is 1. The Kier molecular flexibility index (Phi) is 8.11. The summed E-state index contributed by atoms with van der Waals surface area (Å²) in [5.41, 5.74) is 1.26. The van der Waals surface area contributed by atoms with E-state index in [1.807, 2.05) is 11.8 Å². The van der Waals surface area contributed by atoms with Crippen LogP contribution >= 0.6 is 23.1 Å². The average Bonchev–Trinajstić information content (AvgIpc) is 3.40. The zero-order valence-electron chi connectivity index (χ0n) is 19.6. The molecule has 1 amide bonds. The second-order valence-corrected chi connectivity index (χ2v) is 10.8. The molecule has 0 bridgehead atoms. The Bertz CT molecular complexity index is 1070. The Morgan fingerprint density at radius 1 is 1.18 bits per heavy atom. The van der Waals surface area contributed by atoms with Crippen molar-refractivity contribution < 1.29 is 14.3 Å². The Morgan fingerprint density at radius 2 is 1.97 bits per heavy atom. The van der Waals surface area contributed by atoms with Gasteiger partial charge in [-0.25, -0.2) is 4.98 Å². The molecule has 0 unspecified atom stereocenters. The van der Waals surface area contributed by atoms with Gasteiger partial charge in [-0.05, 0) is 51.0 Å². The number of carbonyl (C=O) groups excluding carboxylic acids is 2. The number of aromatic nitrogens is 2. The summed E-state index contributed by atoms with van der Waals surface area (Å²) in [6.45, 7) is 6.12. The van der Waals surface area contributed by atoms with Crippen LogP contribution in [0.5, 0.6) is 0 Å². The maximum absolute atomic E-state index is 13.4. The molecule has 7 nitrogen and oxygen atoms in total. The van der Waals surface area contributed by atoms with Gasteiger partial charge in [-0.15, -0.1) is 11.3 Å². The van der Waals surface area contributed by atoms with Gasteiger partial charge in [0.1, 0.15) is 4.83 Å². The second kappa shape index (κ2) is 11.0. The number of likely N-dealkylation sites (tertiary alicyclic amines) is 1. The number of thiophene rings is 1. The fourth-order valence-electron chi connectivity index (χ4n) is 4.73. The Hall–Kier alpha value is -1.87. The number of hydrogen-bond acceptors (Lipinski definition) is 7. The molecule has 0 spiro atoms. The van der Waals surface area contributed by atoms with E-state index in [4.69, 9.17) is 9.72 Å². The predicted molar refractivity (Wildman–Crippen MR) is 132 cm³/mol. The molecule has 0 radical (unpaired) electrons. The first-order valence-electron chi connectivity index (χ1n) is 12.2. The number of carbonyl (C=O) groups is 2. The van der Waals surface area contributed by atoms with Crippen molar-refractivity contribution in [2.45, 2.75) is 76.9 Å². The molecule has 0 atom stereocenters. The lowest BCUT2D eigenvalue weighted by atomic mass is 9.97. The van der Waals surface area contributed by atoms with Crippen LogP contribution in [-0.4, -0.2) is 51.8 Å². The monoisotopic (exact) mass is 491 g/mol. The van der Waals surface area contributed by atoms with Crippen LogP contribution in [0.2, 0.25) is 0 Å². The lowest BCUT2D eigenvalue weighted by Crippen LogP contribution is -2.41.